The quantitative estimate of drug-likeness (QED) is 0.830. The first-order valence-corrected chi connectivity index (χ1v) is 5.76. The Hall–Kier alpha value is -1.13. The van der Waals surface area contributed by atoms with Gasteiger partial charge < -0.3 is 14.8 Å². The molecular weight excluding hydrogens is 221 g/mol. The molecule has 17 heavy (non-hydrogen) atoms. The monoisotopic (exact) mass is 241 g/mol. The van der Waals surface area contributed by atoms with Crippen LogP contribution >= 0.6 is 0 Å². The highest BCUT2D eigenvalue weighted by Crippen LogP contribution is 2.24. The van der Waals surface area contributed by atoms with Crippen molar-refractivity contribution in [2.24, 2.45) is 0 Å². The summed E-state index contributed by atoms with van der Waals surface area (Å²) in [4.78, 5) is 0. The highest BCUT2D eigenvalue weighted by molar-refractivity contribution is 5.31. The number of ether oxygens (including phenoxy) is 2. The van der Waals surface area contributed by atoms with Crippen molar-refractivity contribution < 1.29 is 13.9 Å². The minimum absolute atomic E-state index is 0.0159. The molecule has 0 radical (unpaired) electrons. The zero-order valence-corrected chi connectivity index (χ0v) is 10.8. The van der Waals surface area contributed by atoms with E-state index in [1.807, 2.05) is 27.0 Å². The molecule has 0 bridgehead atoms. The first kappa shape index (κ1) is 13.9. The maximum absolute atomic E-state index is 13.6. The normalized spacial score (nSPS) is 14.4. The molecular formula is C13H20FNO2. The van der Waals surface area contributed by atoms with Gasteiger partial charge in [0.25, 0.3) is 0 Å². The second kappa shape index (κ2) is 6.57. The minimum atomic E-state index is -0.353. The summed E-state index contributed by atoms with van der Waals surface area (Å²) in [5.74, 6) is -0.0957. The van der Waals surface area contributed by atoms with Gasteiger partial charge in [0, 0.05) is 6.61 Å². The molecule has 96 valence electrons. The van der Waals surface area contributed by atoms with E-state index in [-0.39, 0.29) is 23.7 Å². The largest absolute Gasteiger partial charge is 0.494 e. The van der Waals surface area contributed by atoms with E-state index < -0.39 is 0 Å². The van der Waals surface area contributed by atoms with Crippen molar-refractivity contribution in [3.05, 3.63) is 29.6 Å². The standard InChI is InChI=1S/C13H20FNO2/c1-5-17-9(2)13(15-3)10-6-7-12(16-4)11(14)8-10/h6-9,13,15H,5H2,1-4H3. The summed E-state index contributed by atoms with van der Waals surface area (Å²) in [6, 6.07) is 4.93. The number of nitrogens with one attached hydrogen (secondary N) is 1. The summed E-state index contributed by atoms with van der Waals surface area (Å²) in [7, 11) is 3.29. The van der Waals surface area contributed by atoms with Crippen LogP contribution in [0.15, 0.2) is 18.2 Å². The van der Waals surface area contributed by atoms with Crippen LogP contribution in [0.25, 0.3) is 0 Å². The lowest BCUT2D eigenvalue weighted by Crippen LogP contribution is -2.29. The Balaban J connectivity index is 2.92. The van der Waals surface area contributed by atoms with E-state index in [2.05, 4.69) is 5.32 Å². The molecule has 0 heterocycles. The van der Waals surface area contributed by atoms with Gasteiger partial charge in [0.1, 0.15) is 0 Å². The van der Waals surface area contributed by atoms with Gasteiger partial charge in [0.15, 0.2) is 11.6 Å². The van der Waals surface area contributed by atoms with Gasteiger partial charge in [0.2, 0.25) is 0 Å². The van der Waals surface area contributed by atoms with Crippen LogP contribution in [0.3, 0.4) is 0 Å². The zero-order valence-electron chi connectivity index (χ0n) is 10.8. The Bertz CT molecular complexity index is 357. The molecule has 0 aromatic heterocycles. The Morgan fingerprint density at radius 3 is 2.59 bits per heavy atom. The fourth-order valence-corrected chi connectivity index (χ4v) is 1.91. The smallest absolute Gasteiger partial charge is 0.165 e. The third kappa shape index (κ3) is 3.41. The number of methoxy groups -OCH3 is 1. The van der Waals surface area contributed by atoms with E-state index in [1.54, 1.807) is 6.07 Å². The van der Waals surface area contributed by atoms with E-state index in [9.17, 15) is 4.39 Å². The van der Waals surface area contributed by atoms with Crippen molar-refractivity contribution in [1.29, 1.82) is 0 Å². The lowest BCUT2D eigenvalue weighted by Gasteiger charge is -2.24. The number of likely N-dealkylation sites (N-methyl/N-ethyl adjacent to an activating group) is 1. The maximum atomic E-state index is 13.6. The summed E-state index contributed by atoms with van der Waals surface area (Å²) in [6.07, 6.45) is -0.0159. The number of rotatable bonds is 6. The molecule has 1 rings (SSSR count). The van der Waals surface area contributed by atoms with Gasteiger partial charge >= 0.3 is 0 Å². The summed E-state index contributed by atoms with van der Waals surface area (Å²) in [5.41, 5.74) is 0.853. The molecule has 4 heteroatoms. The third-order valence-electron chi connectivity index (χ3n) is 2.74. The fourth-order valence-electron chi connectivity index (χ4n) is 1.91. The average Bonchev–Trinajstić information content (AvgIpc) is 2.30. The molecule has 1 aromatic carbocycles. The van der Waals surface area contributed by atoms with Crippen LogP contribution in [-0.2, 0) is 4.74 Å². The van der Waals surface area contributed by atoms with Crippen molar-refractivity contribution in [3.63, 3.8) is 0 Å². The van der Waals surface area contributed by atoms with Crippen LogP contribution in [0.2, 0.25) is 0 Å². The van der Waals surface area contributed by atoms with Gasteiger partial charge in [-0.25, -0.2) is 4.39 Å². The Morgan fingerprint density at radius 2 is 2.12 bits per heavy atom. The first-order chi connectivity index (χ1) is 8.13. The summed E-state index contributed by atoms with van der Waals surface area (Å²) >= 11 is 0. The van der Waals surface area contributed by atoms with Crippen LogP contribution in [0.5, 0.6) is 5.75 Å². The molecule has 0 aliphatic rings. The molecule has 0 fully saturated rings. The van der Waals surface area contributed by atoms with E-state index in [0.717, 1.165) is 5.56 Å². The number of hydrogen-bond donors (Lipinski definition) is 1. The highest BCUT2D eigenvalue weighted by Gasteiger charge is 2.19. The average molecular weight is 241 g/mol. The Morgan fingerprint density at radius 1 is 1.41 bits per heavy atom. The Labute approximate surface area is 102 Å². The van der Waals surface area contributed by atoms with Crippen molar-refractivity contribution in [1.82, 2.24) is 5.32 Å². The third-order valence-corrected chi connectivity index (χ3v) is 2.74. The van der Waals surface area contributed by atoms with Crippen LogP contribution in [0.4, 0.5) is 4.39 Å². The predicted octanol–water partition coefficient (Wildman–Crippen LogP) is 2.52. The first-order valence-electron chi connectivity index (χ1n) is 5.76. The van der Waals surface area contributed by atoms with Crippen molar-refractivity contribution >= 4 is 0 Å². The van der Waals surface area contributed by atoms with Gasteiger partial charge in [-0.15, -0.1) is 0 Å². The van der Waals surface area contributed by atoms with Crippen molar-refractivity contribution in [3.8, 4) is 5.75 Å². The van der Waals surface area contributed by atoms with Crippen LogP contribution in [-0.4, -0.2) is 26.9 Å². The molecule has 0 spiro atoms. The highest BCUT2D eigenvalue weighted by atomic mass is 19.1. The molecule has 2 unspecified atom stereocenters. The van der Waals surface area contributed by atoms with Gasteiger partial charge in [-0.2, -0.15) is 0 Å². The maximum Gasteiger partial charge on any atom is 0.165 e. The van der Waals surface area contributed by atoms with Crippen molar-refractivity contribution in [2.75, 3.05) is 20.8 Å². The lowest BCUT2D eigenvalue weighted by atomic mass is 10.0. The topological polar surface area (TPSA) is 30.5 Å². The summed E-state index contributed by atoms with van der Waals surface area (Å²) in [5, 5.41) is 3.14. The van der Waals surface area contributed by atoms with Crippen LogP contribution in [0.1, 0.15) is 25.5 Å². The van der Waals surface area contributed by atoms with E-state index >= 15 is 0 Å². The van der Waals surface area contributed by atoms with Gasteiger partial charge in [-0.1, -0.05) is 6.07 Å². The molecule has 2 atom stereocenters. The second-order valence-corrected chi connectivity index (χ2v) is 3.82. The fraction of sp³-hybridized carbons (Fsp3) is 0.538. The van der Waals surface area contributed by atoms with Crippen LogP contribution < -0.4 is 10.1 Å². The molecule has 0 aliphatic carbocycles. The molecule has 1 N–H and O–H groups in total. The summed E-state index contributed by atoms with van der Waals surface area (Å²) < 4.78 is 24.0. The molecule has 0 saturated carbocycles. The van der Waals surface area contributed by atoms with E-state index in [1.165, 1.54) is 13.2 Å². The molecule has 3 nitrogen and oxygen atoms in total. The van der Waals surface area contributed by atoms with Gasteiger partial charge in [-0.3, -0.25) is 0 Å². The number of halogens is 1. The van der Waals surface area contributed by atoms with Gasteiger partial charge in [-0.05, 0) is 38.6 Å². The zero-order chi connectivity index (χ0) is 12.8. The number of benzene rings is 1. The SMILES string of the molecule is CCOC(C)C(NC)c1ccc(OC)c(F)c1. The lowest BCUT2D eigenvalue weighted by molar-refractivity contribution is 0.0492. The van der Waals surface area contributed by atoms with Gasteiger partial charge in [0.05, 0.1) is 19.3 Å². The van der Waals surface area contributed by atoms with Crippen LogP contribution in [0, 0.1) is 5.82 Å². The molecule has 0 saturated heterocycles. The second-order valence-electron chi connectivity index (χ2n) is 3.82. The molecule has 1 aromatic rings. The number of hydrogen-bond acceptors (Lipinski definition) is 3. The Kier molecular flexibility index (Phi) is 5.38. The minimum Gasteiger partial charge on any atom is -0.494 e. The molecule has 0 amide bonds. The van der Waals surface area contributed by atoms with E-state index in [0.29, 0.717) is 6.61 Å². The van der Waals surface area contributed by atoms with Crippen molar-refractivity contribution in [2.45, 2.75) is 26.0 Å². The molecule has 0 aliphatic heterocycles. The predicted molar refractivity (Wildman–Crippen MR) is 65.8 cm³/mol. The van der Waals surface area contributed by atoms with E-state index in [4.69, 9.17) is 9.47 Å². The summed E-state index contributed by atoms with van der Waals surface area (Å²) in [6.45, 7) is 4.54.